The van der Waals surface area contributed by atoms with Gasteiger partial charge in [-0.05, 0) is 33.9 Å². The Morgan fingerprint density at radius 1 is 1.31 bits per heavy atom. The van der Waals surface area contributed by atoms with Crippen molar-refractivity contribution < 1.29 is 14.3 Å². The summed E-state index contributed by atoms with van der Waals surface area (Å²) in [5.41, 5.74) is -1.25. The van der Waals surface area contributed by atoms with Crippen LogP contribution >= 0.6 is 0 Å². The van der Waals surface area contributed by atoms with Gasteiger partial charge in [0.15, 0.2) is 5.76 Å². The molecular formula is C20H32N2O4. The molecule has 6 nitrogen and oxygen atoms in total. The molecule has 0 atom stereocenters. The molecule has 146 valence electrons. The minimum atomic E-state index is -0.781. The molecule has 0 spiro atoms. The van der Waals surface area contributed by atoms with Crippen molar-refractivity contribution in [1.29, 1.82) is 0 Å². The van der Waals surface area contributed by atoms with Crippen LogP contribution in [-0.4, -0.2) is 42.1 Å². The van der Waals surface area contributed by atoms with Gasteiger partial charge in [0, 0.05) is 30.0 Å². The fraction of sp³-hybridized carbons (Fsp3) is 0.700. The molecule has 0 saturated heterocycles. The summed E-state index contributed by atoms with van der Waals surface area (Å²) in [6, 6.07) is 1.25. The smallest absolute Gasteiger partial charge is 0.227 e. The van der Waals surface area contributed by atoms with E-state index in [9.17, 15) is 14.7 Å². The molecule has 1 saturated carbocycles. The van der Waals surface area contributed by atoms with Crippen LogP contribution in [0.3, 0.4) is 0 Å². The van der Waals surface area contributed by atoms with Crippen LogP contribution in [0.1, 0.15) is 63.9 Å². The number of nitrogens with zero attached hydrogens (tertiary/aromatic N) is 1. The molecule has 0 bridgehead atoms. The summed E-state index contributed by atoms with van der Waals surface area (Å²) < 4.78 is 5.57. The largest absolute Gasteiger partial charge is 0.502 e. The molecule has 1 fully saturated rings. The van der Waals surface area contributed by atoms with Crippen LogP contribution in [0, 0.1) is 6.92 Å². The number of rotatable bonds is 6. The number of carbonyl (C=O) groups is 1. The molecule has 1 aliphatic rings. The van der Waals surface area contributed by atoms with Crippen molar-refractivity contribution in [1.82, 2.24) is 10.2 Å². The maximum absolute atomic E-state index is 12.6. The minimum Gasteiger partial charge on any atom is -0.502 e. The topological polar surface area (TPSA) is 82.8 Å². The number of likely N-dealkylation sites (N-methyl/N-ethyl adjacent to an activating group) is 1. The molecule has 0 aliphatic heterocycles. The standard InChI is InChI=1S/C20H32N2O4/c1-14-11-15(23)17(25)18(26-14)19(2,3)12-16(24)21-13-20(22(4)5)9-7-6-8-10-20/h11,25H,6-10,12-13H2,1-5H3,(H,21,24). The Kier molecular flexibility index (Phi) is 6.17. The Hall–Kier alpha value is -1.82. The first kappa shape index (κ1) is 20.5. The van der Waals surface area contributed by atoms with Gasteiger partial charge < -0.3 is 19.7 Å². The summed E-state index contributed by atoms with van der Waals surface area (Å²) in [4.78, 5) is 26.6. The molecule has 0 aromatic carbocycles. The molecule has 2 N–H and O–H groups in total. The van der Waals surface area contributed by atoms with Crippen LogP contribution in [0.2, 0.25) is 0 Å². The lowest BCUT2D eigenvalue weighted by molar-refractivity contribution is -0.123. The van der Waals surface area contributed by atoms with Gasteiger partial charge in [-0.3, -0.25) is 9.59 Å². The second kappa shape index (κ2) is 7.82. The average Bonchev–Trinajstić information content (AvgIpc) is 2.56. The number of carbonyl (C=O) groups excluding carboxylic acids is 1. The molecule has 2 rings (SSSR count). The van der Waals surface area contributed by atoms with Gasteiger partial charge in [-0.1, -0.05) is 33.1 Å². The summed E-state index contributed by atoms with van der Waals surface area (Å²) in [6.45, 7) is 5.86. The highest BCUT2D eigenvalue weighted by Gasteiger charge is 2.36. The lowest BCUT2D eigenvalue weighted by Gasteiger charge is -2.43. The number of hydrogen-bond donors (Lipinski definition) is 2. The third kappa shape index (κ3) is 4.47. The second-order valence-electron chi connectivity index (χ2n) is 8.42. The zero-order chi connectivity index (χ0) is 19.5. The van der Waals surface area contributed by atoms with Crippen LogP contribution in [0.4, 0.5) is 0 Å². The van der Waals surface area contributed by atoms with Crippen molar-refractivity contribution in [3.05, 3.63) is 27.8 Å². The summed E-state index contributed by atoms with van der Waals surface area (Å²) in [5, 5.41) is 13.1. The van der Waals surface area contributed by atoms with Crippen LogP contribution in [0.5, 0.6) is 5.75 Å². The summed E-state index contributed by atoms with van der Waals surface area (Å²) in [6.07, 6.45) is 5.91. The minimum absolute atomic E-state index is 0.0100. The van der Waals surface area contributed by atoms with Crippen molar-refractivity contribution in [2.75, 3.05) is 20.6 Å². The molecule has 0 unspecified atom stereocenters. The van der Waals surface area contributed by atoms with E-state index < -0.39 is 16.6 Å². The molecule has 1 amide bonds. The Labute approximate surface area is 155 Å². The zero-order valence-electron chi connectivity index (χ0n) is 16.6. The highest BCUT2D eigenvalue weighted by Crippen LogP contribution is 2.34. The van der Waals surface area contributed by atoms with Crippen LogP contribution in [-0.2, 0) is 10.2 Å². The van der Waals surface area contributed by atoms with E-state index in [0.717, 1.165) is 12.8 Å². The lowest BCUT2D eigenvalue weighted by atomic mass is 9.80. The van der Waals surface area contributed by atoms with E-state index in [2.05, 4.69) is 24.3 Å². The molecular weight excluding hydrogens is 332 g/mol. The molecule has 1 heterocycles. The first-order chi connectivity index (χ1) is 12.1. The summed E-state index contributed by atoms with van der Waals surface area (Å²) in [5.74, 6) is 0.0680. The van der Waals surface area contributed by atoms with Gasteiger partial charge in [0.05, 0.1) is 0 Å². The molecule has 1 aromatic rings. The quantitative estimate of drug-likeness (QED) is 0.811. The van der Waals surface area contributed by atoms with Gasteiger partial charge in [0.1, 0.15) is 5.76 Å². The fourth-order valence-corrected chi connectivity index (χ4v) is 3.86. The zero-order valence-corrected chi connectivity index (χ0v) is 16.6. The summed E-state index contributed by atoms with van der Waals surface area (Å²) in [7, 11) is 4.14. The molecule has 1 aromatic heterocycles. The number of amides is 1. The van der Waals surface area contributed by atoms with Crippen molar-refractivity contribution in [3.63, 3.8) is 0 Å². The van der Waals surface area contributed by atoms with Crippen molar-refractivity contribution in [3.8, 4) is 5.75 Å². The predicted octanol–water partition coefficient (Wildman–Crippen LogP) is 2.70. The molecule has 0 radical (unpaired) electrons. The first-order valence-electron chi connectivity index (χ1n) is 9.36. The maximum Gasteiger partial charge on any atom is 0.227 e. The Morgan fingerprint density at radius 2 is 1.92 bits per heavy atom. The first-order valence-corrected chi connectivity index (χ1v) is 9.36. The normalized spacial score (nSPS) is 17.3. The van der Waals surface area contributed by atoms with E-state index in [1.54, 1.807) is 20.8 Å². The summed E-state index contributed by atoms with van der Waals surface area (Å²) >= 11 is 0. The molecule has 6 heteroatoms. The Bertz CT molecular complexity index is 700. The van der Waals surface area contributed by atoms with Crippen molar-refractivity contribution >= 4 is 5.91 Å². The fourth-order valence-electron chi connectivity index (χ4n) is 3.86. The lowest BCUT2D eigenvalue weighted by Crippen LogP contribution is -2.54. The highest BCUT2D eigenvalue weighted by atomic mass is 16.4. The molecule has 1 aliphatic carbocycles. The van der Waals surface area contributed by atoms with Crippen LogP contribution < -0.4 is 10.7 Å². The van der Waals surface area contributed by atoms with Crippen molar-refractivity contribution in [2.45, 2.75) is 70.3 Å². The van der Waals surface area contributed by atoms with Gasteiger partial charge in [-0.15, -0.1) is 0 Å². The van der Waals surface area contributed by atoms with Gasteiger partial charge >= 0.3 is 0 Å². The predicted molar refractivity (Wildman–Crippen MR) is 102 cm³/mol. The average molecular weight is 364 g/mol. The van der Waals surface area contributed by atoms with Gasteiger partial charge in [0.2, 0.25) is 17.1 Å². The maximum atomic E-state index is 12.6. The highest BCUT2D eigenvalue weighted by molar-refractivity contribution is 5.77. The molecule has 26 heavy (non-hydrogen) atoms. The van der Waals surface area contributed by atoms with Gasteiger partial charge in [-0.25, -0.2) is 0 Å². The van der Waals surface area contributed by atoms with Gasteiger partial charge in [-0.2, -0.15) is 0 Å². The van der Waals surface area contributed by atoms with Gasteiger partial charge in [0.25, 0.3) is 0 Å². The van der Waals surface area contributed by atoms with E-state index >= 15 is 0 Å². The van der Waals surface area contributed by atoms with E-state index in [4.69, 9.17) is 4.42 Å². The monoisotopic (exact) mass is 364 g/mol. The third-order valence-electron chi connectivity index (χ3n) is 5.61. The SMILES string of the molecule is Cc1cc(=O)c(O)c(C(C)(C)CC(=O)NCC2(N(C)C)CCCCC2)o1. The van der Waals surface area contributed by atoms with E-state index in [1.165, 1.54) is 25.3 Å². The number of aromatic hydroxyl groups is 1. The van der Waals surface area contributed by atoms with Crippen LogP contribution in [0.25, 0.3) is 0 Å². The van der Waals surface area contributed by atoms with E-state index in [-0.39, 0.29) is 23.6 Å². The number of aryl methyl sites for hydroxylation is 1. The van der Waals surface area contributed by atoms with E-state index in [0.29, 0.717) is 12.3 Å². The third-order valence-corrected chi connectivity index (χ3v) is 5.61. The van der Waals surface area contributed by atoms with Crippen molar-refractivity contribution in [2.24, 2.45) is 0 Å². The second-order valence-corrected chi connectivity index (χ2v) is 8.42. The Morgan fingerprint density at radius 3 is 2.50 bits per heavy atom. The Balaban J connectivity index is 2.08. The van der Waals surface area contributed by atoms with E-state index in [1.807, 2.05) is 0 Å². The number of hydrogen-bond acceptors (Lipinski definition) is 5. The van der Waals surface area contributed by atoms with Crippen LogP contribution in [0.15, 0.2) is 15.3 Å². The number of nitrogens with one attached hydrogen (secondary N) is 1.